The summed E-state index contributed by atoms with van der Waals surface area (Å²) in [5.41, 5.74) is 3.66. The normalized spacial score (nSPS) is 10.9. The van der Waals surface area contributed by atoms with Crippen LogP contribution in [-0.4, -0.2) is 12.6 Å². The molecule has 0 bridgehead atoms. The zero-order chi connectivity index (χ0) is 24.3. The van der Waals surface area contributed by atoms with Gasteiger partial charge < -0.3 is 9.47 Å². The third-order valence-electron chi connectivity index (χ3n) is 5.77. The van der Waals surface area contributed by atoms with Gasteiger partial charge in [0, 0.05) is 12.2 Å². The summed E-state index contributed by atoms with van der Waals surface area (Å²) in [6.45, 7) is 4.32. The highest BCUT2D eigenvalue weighted by Gasteiger charge is 2.18. The van der Waals surface area contributed by atoms with Gasteiger partial charge in [0.1, 0.15) is 0 Å². The topological polar surface area (TPSA) is 35.5 Å². The van der Waals surface area contributed by atoms with Crippen molar-refractivity contribution in [3.63, 3.8) is 0 Å². The first-order valence-electron chi connectivity index (χ1n) is 12.0. The number of hydrogen-bond donors (Lipinski definition) is 0. The molecule has 0 aliphatic heterocycles. The summed E-state index contributed by atoms with van der Waals surface area (Å²) in [6.07, 6.45) is 7.40. The van der Waals surface area contributed by atoms with Crippen LogP contribution in [0, 0.1) is 11.6 Å². The molecule has 3 nitrogen and oxygen atoms in total. The van der Waals surface area contributed by atoms with Gasteiger partial charge in [-0.05, 0) is 60.7 Å². The molecular weight excluding hydrogens is 434 g/mol. The van der Waals surface area contributed by atoms with Gasteiger partial charge in [0.05, 0.1) is 12.2 Å². The van der Waals surface area contributed by atoms with Gasteiger partial charge in [0.25, 0.3) is 0 Å². The van der Waals surface area contributed by atoms with Gasteiger partial charge in [0.2, 0.25) is 5.82 Å². The molecule has 0 saturated carbocycles. The molecule has 34 heavy (non-hydrogen) atoms. The molecule has 0 unspecified atom stereocenters. The van der Waals surface area contributed by atoms with Crippen molar-refractivity contribution >= 4 is 5.97 Å². The Morgan fingerprint density at radius 2 is 1.41 bits per heavy atom. The van der Waals surface area contributed by atoms with Crippen molar-refractivity contribution in [2.24, 2.45) is 0 Å². The van der Waals surface area contributed by atoms with Crippen molar-refractivity contribution in [2.75, 3.05) is 6.61 Å². The van der Waals surface area contributed by atoms with Crippen molar-refractivity contribution in [3.8, 4) is 16.9 Å². The van der Waals surface area contributed by atoms with Crippen molar-refractivity contribution in [3.05, 3.63) is 89.0 Å². The highest BCUT2D eigenvalue weighted by molar-refractivity contribution is 5.91. The maximum Gasteiger partial charge on any atom is 0.343 e. The van der Waals surface area contributed by atoms with Crippen molar-refractivity contribution in [1.29, 1.82) is 0 Å². The number of ether oxygens (including phenoxy) is 2. The number of esters is 1. The van der Waals surface area contributed by atoms with E-state index in [-0.39, 0.29) is 17.7 Å². The number of unbranched alkanes of at least 4 members (excludes halogenated alkanes) is 4. The predicted octanol–water partition coefficient (Wildman–Crippen LogP) is 7.90. The summed E-state index contributed by atoms with van der Waals surface area (Å²) < 4.78 is 38.7. The molecule has 180 valence electrons. The molecule has 3 aromatic rings. The van der Waals surface area contributed by atoms with Crippen LogP contribution >= 0.6 is 0 Å². The second-order valence-corrected chi connectivity index (χ2v) is 8.32. The Morgan fingerprint density at radius 3 is 2.06 bits per heavy atom. The van der Waals surface area contributed by atoms with Crippen LogP contribution in [0.25, 0.3) is 11.1 Å². The average molecular weight is 467 g/mol. The van der Waals surface area contributed by atoms with Gasteiger partial charge in [-0.2, -0.15) is 4.39 Å². The molecule has 3 aromatic carbocycles. The third kappa shape index (κ3) is 6.97. The second kappa shape index (κ2) is 13.0. The van der Waals surface area contributed by atoms with E-state index in [2.05, 4.69) is 31.2 Å². The average Bonchev–Trinajstić information content (AvgIpc) is 2.87. The van der Waals surface area contributed by atoms with Gasteiger partial charge in [-0.1, -0.05) is 69.0 Å². The summed E-state index contributed by atoms with van der Waals surface area (Å²) in [7, 11) is 0. The number of carbonyl (C=O) groups is 1. The van der Waals surface area contributed by atoms with E-state index in [4.69, 9.17) is 9.47 Å². The lowest BCUT2D eigenvalue weighted by Gasteiger charge is -2.10. The second-order valence-electron chi connectivity index (χ2n) is 8.32. The molecule has 0 aliphatic carbocycles. The number of aryl methyl sites for hydroxylation is 1. The summed E-state index contributed by atoms with van der Waals surface area (Å²) in [5, 5.41) is 0. The first kappa shape index (κ1) is 25.6. The predicted molar refractivity (Wildman–Crippen MR) is 131 cm³/mol. The first-order valence-corrected chi connectivity index (χ1v) is 12.0. The third-order valence-corrected chi connectivity index (χ3v) is 5.77. The molecule has 0 saturated heterocycles. The van der Waals surface area contributed by atoms with E-state index in [1.54, 1.807) is 19.1 Å². The van der Waals surface area contributed by atoms with Crippen molar-refractivity contribution < 1.29 is 23.0 Å². The Kier molecular flexibility index (Phi) is 9.77. The number of benzene rings is 3. The van der Waals surface area contributed by atoms with Crippen LogP contribution in [-0.2, 0) is 17.8 Å². The summed E-state index contributed by atoms with van der Waals surface area (Å²) in [4.78, 5) is 12.5. The lowest BCUT2D eigenvalue weighted by atomic mass is 10.00. The lowest BCUT2D eigenvalue weighted by molar-refractivity contribution is 0.0726. The fourth-order valence-corrected chi connectivity index (χ4v) is 3.73. The molecule has 0 amide bonds. The van der Waals surface area contributed by atoms with Crippen molar-refractivity contribution in [1.82, 2.24) is 0 Å². The maximum absolute atomic E-state index is 14.3. The van der Waals surface area contributed by atoms with Crippen LogP contribution < -0.4 is 4.74 Å². The Labute approximate surface area is 200 Å². The minimum Gasteiger partial charge on any atom is -0.420 e. The van der Waals surface area contributed by atoms with E-state index >= 15 is 0 Å². The lowest BCUT2D eigenvalue weighted by Crippen LogP contribution is -2.11. The molecular formula is C29H32F2O3. The van der Waals surface area contributed by atoms with Gasteiger partial charge in [-0.15, -0.1) is 0 Å². The zero-order valence-corrected chi connectivity index (χ0v) is 19.9. The van der Waals surface area contributed by atoms with Crippen LogP contribution in [0.4, 0.5) is 8.78 Å². The van der Waals surface area contributed by atoms with Crippen molar-refractivity contribution in [2.45, 2.75) is 59.0 Å². The van der Waals surface area contributed by atoms with Gasteiger partial charge in [-0.3, -0.25) is 0 Å². The molecule has 0 aliphatic rings. The molecule has 0 N–H and O–H groups in total. The quantitative estimate of drug-likeness (QED) is 0.155. The fourth-order valence-electron chi connectivity index (χ4n) is 3.73. The molecule has 3 rings (SSSR count). The number of halogens is 2. The highest BCUT2D eigenvalue weighted by Crippen LogP contribution is 2.25. The maximum atomic E-state index is 14.3. The van der Waals surface area contributed by atoms with Crippen LogP contribution in [0.2, 0.25) is 0 Å². The van der Waals surface area contributed by atoms with E-state index in [9.17, 15) is 13.6 Å². The van der Waals surface area contributed by atoms with Gasteiger partial charge >= 0.3 is 5.97 Å². The number of rotatable bonds is 12. The minimum atomic E-state index is -1.20. The van der Waals surface area contributed by atoms with Crippen LogP contribution in [0.15, 0.2) is 60.7 Å². The largest absolute Gasteiger partial charge is 0.420 e. The Morgan fingerprint density at radius 1 is 0.765 bits per heavy atom. The van der Waals surface area contributed by atoms with Gasteiger partial charge in [-0.25, -0.2) is 9.18 Å². The SMILES string of the molecule is CCCCCCCc1ccc(-c2ccc(C(=O)Oc3ccc(COCC)c(F)c3F)cc2)cc1. The van der Waals surface area contributed by atoms with E-state index in [0.717, 1.165) is 17.5 Å². The molecule has 5 heteroatoms. The van der Waals surface area contributed by atoms with E-state index in [1.165, 1.54) is 49.8 Å². The summed E-state index contributed by atoms with van der Waals surface area (Å²) >= 11 is 0. The molecule has 0 radical (unpaired) electrons. The number of carbonyl (C=O) groups excluding carboxylic acids is 1. The Balaban J connectivity index is 1.60. The standard InChI is InChI=1S/C29H32F2O3/c1-3-5-6-7-8-9-21-10-12-22(13-11-21)23-14-16-24(17-15-23)29(32)34-26-19-18-25(20-33-4-2)27(30)28(26)31/h10-19H,3-9,20H2,1-2H3. The first-order chi connectivity index (χ1) is 16.5. The molecule has 0 heterocycles. The van der Waals surface area contributed by atoms with E-state index in [0.29, 0.717) is 6.61 Å². The Hall–Kier alpha value is -3.05. The smallest absolute Gasteiger partial charge is 0.343 e. The monoisotopic (exact) mass is 466 g/mol. The molecule has 0 atom stereocenters. The van der Waals surface area contributed by atoms with E-state index < -0.39 is 23.4 Å². The molecule has 0 fully saturated rings. The minimum absolute atomic E-state index is 0.0467. The molecule has 0 aromatic heterocycles. The van der Waals surface area contributed by atoms with Gasteiger partial charge in [0.15, 0.2) is 11.6 Å². The van der Waals surface area contributed by atoms with Crippen LogP contribution in [0.3, 0.4) is 0 Å². The molecule has 0 spiro atoms. The van der Waals surface area contributed by atoms with Crippen LogP contribution in [0.5, 0.6) is 5.75 Å². The van der Waals surface area contributed by atoms with E-state index in [1.807, 2.05) is 12.1 Å². The summed E-state index contributed by atoms with van der Waals surface area (Å²) in [5.74, 6) is -3.47. The number of hydrogen-bond acceptors (Lipinski definition) is 3. The summed E-state index contributed by atoms with van der Waals surface area (Å²) in [6, 6.07) is 17.9. The highest BCUT2D eigenvalue weighted by atomic mass is 19.2. The zero-order valence-electron chi connectivity index (χ0n) is 19.9. The van der Waals surface area contributed by atoms with Crippen LogP contribution in [0.1, 0.15) is 67.4 Å². The fraction of sp³-hybridized carbons (Fsp3) is 0.345. The Bertz CT molecular complexity index is 1060.